The number of ether oxygens (including phenoxy) is 1. The molecule has 0 unspecified atom stereocenters. The van der Waals surface area contributed by atoms with Gasteiger partial charge in [0.1, 0.15) is 11.3 Å². The Kier molecular flexibility index (Phi) is 3.69. The van der Waals surface area contributed by atoms with E-state index >= 15 is 0 Å². The standard InChI is InChI=1S/C16H19NO4/c1-10-11(2)16-12(7-13(10)18)8-15(21-16)14(19)9-17-3-5-20-6-4-17/h7-8,18H,3-6,9H2,1-2H3. The first-order valence-corrected chi connectivity index (χ1v) is 7.12. The van der Waals surface area contributed by atoms with Gasteiger partial charge in [-0.2, -0.15) is 0 Å². The number of Topliss-reactive ketones (excluding diaryl/α,β-unsaturated/α-hetero) is 1. The molecule has 1 aliphatic heterocycles. The van der Waals surface area contributed by atoms with Gasteiger partial charge in [0.25, 0.3) is 0 Å². The minimum atomic E-state index is -0.0374. The maximum absolute atomic E-state index is 12.3. The second kappa shape index (κ2) is 5.50. The highest BCUT2D eigenvalue weighted by atomic mass is 16.5. The Bertz CT molecular complexity index is 683. The summed E-state index contributed by atoms with van der Waals surface area (Å²) in [6.07, 6.45) is 0. The molecule has 2 aromatic rings. The van der Waals surface area contributed by atoms with E-state index in [-0.39, 0.29) is 11.5 Å². The van der Waals surface area contributed by atoms with Crippen molar-refractivity contribution in [3.8, 4) is 5.75 Å². The van der Waals surface area contributed by atoms with Crippen LogP contribution in [0.4, 0.5) is 0 Å². The van der Waals surface area contributed by atoms with Crippen molar-refractivity contribution in [3.05, 3.63) is 29.0 Å². The fourth-order valence-corrected chi connectivity index (χ4v) is 2.60. The summed E-state index contributed by atoms with van der Waals surface area (Å²) in [5.41, 5.74) is 2.33. The van der Waals surface area contributed by atoms with E-state index in [1.54, 1.807) is 12.1 Å². The van der Waals surface area contributed by atoms with E-state index in [2.05, 4.69) is 4.90 Å². The van der Waals surface area contributed by atoms with Crippen LogP contribution in [0, 0.1) is 13.8 Å². The van der Waals surface area contributed by atoms with Gasteiger partial charge in [0.15, 0.2) is 5.76 Å². The molecule has 0 radical (unpaired) electrons. The molecule has 0 atom stereocenters. The lowest BCUT2D eigenvalue weighted by atomic mass is 10.1. The van der Waals surface area contributed by atoms with Gasteiger partial charge in [-0.15, -0.1) is 0 Å². The van der Waals surface area contributed by atoms with Crippen molar-refractivity contribution in [2.24, 2.45) is 0 Å². The molecule has 3 rings (SSSR count). The molecule has 5 heteroatoms. The van der Waals surface area contributed by atoms with E-state index in [1.165, 1.54) is 0 Å². The maximum atomic E-state index is 12.3. The number of rotatable bonds is 3. The zero-order valence-electron chi connectivity index (χ0n) is 12.3. The van der Waals surface area contributed by atoms with Gasteiger partial charge in [0.05, 0.1) is 19.8 Å². The van der Waals surface area contributed by atoms with Crippen molar-refractivity contribution < 1.29 is 19.1 Å². The first-order valence-electron chi connectivity index (χ1n) is 7.12. The van der Waals surface area contributed by atoms with E-state index in [0.717, 1.165) is 29.6 Å². The highest BCUT2D eigenvalue weighted by molar-refractivity contribution is 5.99. The molecule has 0 aliphatic carbocycles. The number of ketones is 1. The summed E-state index contributed by atoms with van der Waals surface area (Å²) >= 11 is 0. The summed E-state index contributed by atoms with van der Waals surface area (Å²) in [6.45, 7) is 6.93. The van der Waals surface area contributed by atoms with E-state index in [1.807, 2.05) is 13.8 Å². The number of phenols is 1. The third-order valence-electron chi connectivity index (χ3n) is 4.09. The molecule has 5 nitrogen and oxygen atoms in total. The monoisotopic (exact) mass is 289 g/mol. The van der Waals surface area contributed by atoms with Gasteiger partial charge < -0.3 is 14.3 Å². The number of aryl methyl sites for hydroxylation is 1. The van der Waals surface area contributed by atoms with E-state index in [0.29, 0.717) is 31.1 Å². The quantitative estimate of drug-likeness (QED) is 0.878. The lowest BCUT2D eigenvalue weighted by molar-refractivity contribution is 0.0365. The molecule has 112 valence electrons. The summed E-state index contributed by atoms with van der Waals surface area (Å²) in [4.78, 5) is 14.4. The number of furan rings is 1. The average molecular weight is 289 g/mol. The molecule has 0 bridgehead atoms. The van der Waals surface area contributed by atoms with Crippen LogP contribution >= 0.6 is 0 Å². The van der Waals surface area contributed by atoms with Crippen molar-refractivity contribution in [1.29, 1.82) is 0 Å². The summed E-state index contributed by atoms with van der Waals surface area (Å²) in [5, 5.41) is 10.6. The number of hydrogen-bond acceptors (Lipinski definition) is 5. The molecule has 1 N–H and O–H groups in total. The number of morpholine rings is 1. The minimum Gasteiger partial charge on any atom is -0.508 e. The van der Waals surface area contributed by atoms with Crippen molar-refractivity contribution >= 4 is 16.8 Å². The van der Waals surface area contributed by atoms with Gasteiger partial charge in [-0.3, -0.25) is 9.69 Å². The van der Waals surface area contributed by atoms with E-state index < -0.39 is 0 Å². The molecule has 2 heterocycles. The van der Waals surface area contributed by atoms with Crippen LogP contribution in [-0.2, 0) is 4.74 Å². The van der Waals surface area contributed by atoms with Crippen LogP contribution in [0.1, 0.15) is 21.7 Å². The van der Waals surface area contributed by atoms with Crippen molar-refractivity contribution in [3.63, 3.8) is 0 Å². The Morgan fingerprint density at radius 2 is 1.95 bits per heavy atom. The van der Waals surface area contributed by atoms with E-state index in [4.69, 9.17) is 9.15 Å². The zero-order valence-corrected chi connectivity index (χ0v) is 12.3. The molecule has 1 aromatic heterocycles. The van der Waals surface area contributed by atoms with Gasteiger partial charge in [-0.1, -0.05) is 0 Å². The summed E-state index contributed by atoms with van der Waals surface area (Å²) in [6, 6.07) is 3.36. The van der Waals surface area contributed by atoms with E-state index in [9.17, 15) is 9.90 Å². The molecular formula is C16H19NO4. The van der Waals surface area contributed by atoms with Crippen molar-refractivity contribution in [2.75, 3.05) is 32.8 Å². The van der Waals surface area contributed by atoms with Crippen LogP contribution < -0.4 is 0 Å². The van der Waals surface area contributed by atoms with Gasteiger partial charge in [-0.25, -0.2) is 0 Å². The molecule has 1 fully saturated rings. The second-order valence-electron chi connectivity index (χ2n) is 5.49. The molecule has 0 saturated carbocycles. The van der Waals surface area contributed by atoms with Gasteiger partial charge in [0.2, 0.25) is 5.78 Å². The predicted octanol–water partition coefficient (Wildman–Crippen LogP) is 2.27. The summed E-state index contributed by atoms with van der Waals surface area (Å²) in [5.74, 6) is 0.544. The van der Waals surface area contributed by atoms with Crippen molar-refractivity contribution in [1.82, 2.24) is 4.90 Å². The van der Waals surface area contributed by atoms with Gasteiger partial charge in [0, 0.05) is 18.5 Å². The predicted molar refractivity (Wildman–Crippen MR) is 78.9 cm³/mol. The normalized spacial score (nSPS) is 16.5. The smallest absolute Gasteiger partial charge is 0.211 e. The molecular weight excluding hydrogens is 270 g/mol. The number of phenolic OH excluding ortho intramolecular Hbond substituents is 1. The molecule has 0 spiro atoms. The third kappa shape index (κ3) is 2.66. The number of carbonyl (C=O) groups is 1. The Hall–Kier alpha value is -1.85. The Labute approximate surface area is 123 Å². The van der Waals surface area contributed by atoms with Crippen LogP contribution in [0.3, 0.4) is 0 Å². The van der Waals surface area contributed by atoms with Gasteiger partial charge >= 0.3 is 0 Å². The minimum absolute atomic E-state index is 0.0374. The molecule has 21 heavy (non-hydrogen) atoms. The van der Waals surface area contributed by atoms with Crippen LogP contribution in [0.25, 0.3) is 11.0 Å². The molecule has 1 saturated heterocycles. The van der Waals surface area contributed by atoms with Crippen molar-refractivity contribution in [2.45, 2.75) is 13.8 Å². The zero-order chi connectivity index (χ0) is 15.0. The average Bonchev–Trinajstić information content (AvgIpc) is 2.90. The number of hydrogen-bond donors (Lipinski definition) is 1. The number of nitrogens with zero attached hydrogens (tertiary/aromatic N) is 1. The lowest BCUT2D eigenvalue weighted by Crippen LogP contribution is -2.39. The number of carbonyl (C=O) groups excluding carboxylic acids is 1. The Morgan fingerprint density at radius 1 is 1.24 bits per heavy atom. The molecule has 1 aromatic carbocycles. The SMILES string of the molecule is Cc1c(O)cc2cc(C(=O)CN3CCOCC3)oc2c1C. The van der Waals surface area contributed by atoms with Crippen LogP contribution in [0.5, 0.6) is 5.75 Å². The topological polar surface area (TPSA) is 62.9 Å². The van der Waals surface area contributed by atoms with Crippen LogP contribution in [-0.4, -0.2) is 48.6 Å². The lowest BCUT2D eigenvalue weighted by Gasteiger charge is -2.25. The Morgan fingerprint density at radius 3 is 2.67 bits per heavy atom. The van der Waals surface area contributed by atoms with Gasteiger partial charge in [-0.05, 0) is 37.1 Å². The highest BCUT2D eigenvalue weighted by Crippen LogP contribution is 2.31. The summed E-state index contributed by atoms with van der Waals surface area (Å²) < 4.78 is 11.0. The molecule has 0 amide bonds. The first-order chi connectivity index (χ1) is 10.1. The molecule has 1 aliphatic rings. The summed E-state index contributed by atoms with van der Waals surface area (Å²) in [7, 11) is 0. The largest absolute Gasteiger partial charge is 0.508 e. The fourth-order valence-electron chi connectivity index (χ4n) is 2.60. The second-order valence-corrected chi connectivity index (χ2v) is 5.49. The number of fused-ring (bicyclic) bond motifs is 1. The Balaban J connectivity index is 1.86. The maximum Gasteiger partial charge on any atom is 0.211 e. The van der Waals surface area contributed by atoms with Crippen LogP contribution in [0.2, 0.25) is 0 Å². The number of aromatic hydroxyl groups is 1. The third-order valence-corrected chi connectivity index (χ3v) is 4.09. The number of benzene rings is 1. The first kappa shape index (κ1) is 14.1. The fraction of sp³-hybridized carbons (Fsp3) is 0.438. The highest BCUT2D eigenvalue weighted by Gasteiger charge is 2.20. The van der Waals surface area contributed by atoms with Crippen LogP contribution in [0.15, 0.2) is 16.5 Å².